The van der Waals surface area contributed by atoms with Crippen LogP contribution in [0.3, 0.4) is 0 Å². The minimum absolute atomic E-state index is 0.132. The van der Waals surface area contributed by atoms with Crippen molar-refractivity contribution in [3.8, 4) is 11.4 Å². The normalized spacial score (nSPS) is 15.7. The molecule has 2 aromatic rings. The van der Waals surface area contributed by atoms with Crippen LogP contribution in [0.15, 0.2) is 41.8 Å². The molecular weight excluding hydrogens is 310 g/mol. The summed E-state index contributed by atoms with van der Waals surface area (Å²) >= 11 is 1.51. The van der Waals surface area contributed by atoms with Crippen molar-refractivity contribution in [2.75, 3.05) is 20.2 Å². The highest BCUT2D eigenvalue weighted by Crippen LogP contribution is 2.27. The number of carbonyl (C=O) groups is 1. The van der Waals surface area contributed by atoms with E-state index in [0.717, 1.165) is 42.5 Å². The van der Waals surface area contributed by atoms with E-state index in [9.17, 15) is 4.79 Å². The van der Waals surface area contributed by atoms with Crippen LogP contribution in [0.25, 0.3) is 5.69 Å². The number of hydrogen-bond acceptors (Lipinski definition) is 4. The Morgan fingerprint density at radius 1 is 1.26 bits per heavy atom. The van der Waals surface area contributed by atoms with E-state index in [0.29, 0.717) is 0 Å². The highest BCUT2D eigenvalue weighted by Gasteiger charge is 2.25. The van der Waals surface area contributed by atoms with Gasteiger partial charge in [-0.05, 0) is 44.0 Å². The molecule has 6 heteroatoms. The molecule has 1 saturated heterocycles. The standard InChI is InChI=1S/C17H21N3O2S/c1-13(16(21)19-10-3-4-11-19)23-17-18-9-12-20(17)14-5-7-15(22-2)8-6-14/h5-9,12-13H,3-4,10-11H2,1-2H3/t13-/m1/s1. The van der Waals surface area contributed by atoms with E-state index in [-0.39, 0.29) is 11.2 Å². The highest BCUT2D eigenvalue weighted by molar-refractivity contribution is 8.00. The van der Waals surface area contributed by atoms with Gasteiger partial charge in [-0.15, -0.1) is 0 Å². The smallest absolute Gasteiger partial charge is 0.235 e. The number of imidazole rings is 1. The summed E-state index contributed by atoms with van der Waals surface area (Å²) in [5.41, 5.74) is 1.01. The van der Waals surface area contributed by atoms with Crippen molar-refractivity contribution < 1.29 is 9.53 Å². The van der Waals surface area contributed by atoms with Gasteiger partial charge in [0.05, 0.1) is 12.4 Å². The van der Waals surface area contributed by atoms with Gasteiger partial charge >= 0.3 is 0 Å². The van der Waals surface area contributed by atoms with Crippen LogP contribution >= 0.6 is 11.8 Å². The van der Waals surface area contributed by atoms with Crippen LogP contribution in [0.1, 0.15) is 19.8 Å². The molecule has 0 radical (unpaired) electrons. The molecule has 1 amide bonds. The molecule has 1 aromatic heterocycles. The maximum absolute atomic E-state index is 12.5. The van der Waals surface area contributed by atoms with E-state index >= 15 is 0 Å². The average molecular weight is 331 g/mol. The molecule has 122 valence electrons. The molecule has 1 atom stereocenters. The van der Waals surface area contributed by atoms with E-state index in [2.05, 4.69) is 4.98 Å². The fraction of sp³-hybridized carbons (Fsp3) is 0.412. The number of thioether (sulfide) groups is 1. The van der Waals surface area contributed by atoms with Crippen LogP contribution in [0.2, 0.25) is 0 Å². The summed E-state index contributed by atoms with van der Waals surface area (Å²) in [6.45, 7) is 3.73. The van der Waals surface area contributed by atoms with Crippen molar-refractivity contribution in [3.05, 3.63) is 36.7 Å². The molecule has 3 rings (SSSR count). The van der Waals surface area contributed by atoms with Crippen molar-refractivity contribution in [3.63, 3.8) is 0 Å². The minimum Gasteiger partial charge on any atom is -0.497 e. The van der Waals surface area contributed by atoms with E-state index < -0.39 is 0 Å². The third-order valence-corrected chi connectivity index (χ3v) is 5.07. The lowest BCUT2D eigenvalue weighted by Crippen LogP contribution is -2.34. The lowest BCUT2D eigenvalue weighted by Gasteiger charge is -2.20. The number of ether oxygens (including phenoxy) is 1. The molecule has 1 fully saturated rings. The van der Waals surface area contributed by atoms with Gasteiger partial charge in [0, 0.05) is 31.2 Å². The number of methoxy groups -OCH3 is 1. The SMILES string of the molecule is COc1ccc(-n2ccnc2S[C@H](C)C(=O)N2CCCC2)cc1. The highest BCUT2D eigenvalue weighted by atomic mass is 32.2. The molecule has 1 aliphatic heterocycles. The van der Waals surface area contributed by atoms with Gasteiger partial charge in [0.1, 0.15) is 5.75 Å². The lowest BCUT2D eigenvalue weighted by molar-refractivity contribution is -0.129. The van der Waals surface area contributed by atoms with Crippen molar-refractivity contribution in [2.24, 2.45) is 0 Å². The van der Waals surface area contributed by atoms with Gasteiger partial charge in [-0.2, -0.15) is 0 Å². The Hall–Kier alpha value is -1.95. The fourth-order valence-electron chi connectivity index (χ4n) is 2.72. The van der Waals surface area contributed by atoms with Crippen LogP contribution < -0.4 is 4.74 Å². The average Bonchev–Trinajstić information content (AvgIpc) is 3.26. The van der Waals surface area contributed by atoms with Crippen LogP contribution in [0.5, 0.6) is 5.75 Å². The second kappa shape index (κ2) is 7.08. The third-order valence-electron chi connectivity index (χ3n) is 4.01. The molecule has 5 nitrogen and oxygen atoms in total. The van der Waals surface area contributed by atoms with Crippen molar-refractivity contribution in [1.82, 2.24) is 14.5 Å². The zero-order valence-electron chi connectivity index (χ0n) is 13.4. The van der Waals surface area contributed by atoms with Gasteiger partial charge in [-0.3, -0.25) is 9.36 Å². The van der Waals surface area contributed by atoms with E-state index in [1.54, 1.807) is 13.3 Å². The summed E-state index contributed by atoms with van der Waals surface area (Å²) < 4.78 is 7.19. The number of likely N-dealkylation sites (tertiary alicyclic amines) is 1. The van der Waals surface area contributed by atoms with E-state index in [1.807, 2.05) is 46.9 Å². The van der Waals surface area contributed by atoms with Gasteiger partial charge < -0.3 is 9.64 Å². The first kappa shape index (κ1) is 15.9. The maximum Gasteiger partial charge on any atom is 0.235 e. The fourth-order valence-corrected chi connectivity index (χ4v) is 3.69. The molecule has 0 bridgehead atoms. The van der Waals surface area contributed by atoms with Crippen LogP contribution in [-0.2, 0) is 4.79 Å². The minimum atomic E-state index is -0.132. The molecule has 0 saturated carbocycles. The number of aromatic nitrogens is 2. The first-order valence-electron chi connectivity index (χ1n) is 7.82. The molecule has 0 aliphatic carbocycles. The Bertz CT molecular complexity index is 663. The summed E-state index contributed by atoms with van der Waals surface area (Å²) in [7, 11) is 1.65. The van der Waals surface area contributed by atoms with Crippen molar-refractivity contribution in [2.45, 2.75) is 30.2 Å². The predicted molar refractivity (Wildman–Crippen MR) is 91.2 cm³/mol. The number of carbonyl (C=O) groups excluding carboxylic acids is 1. The summed E-state index contributed by atoms with van der Waals surface area (Å²) in [4.78, 5) is 18.8. The molecule has 1 aromatic carbocycles. The zero-order chi connectivity index (χ0) is 16.2. The molecule has 1 aliphatic rings. The topological polar surface area (TPSA) is 47.4 Å². The Morgan fingerprint density at radius 2 is 1.96 bits per heavy atom. The van der Waals surface area contributed by atoms with Crippen molar-refractivity contribution in [1.29, 1.82) is 0 Å². The van der Waals surface area contributed by atoms with Gasteiger partial charge in [0.25, 0.3) is 0 Å². The lowest BCUT2D eigenvalue weighted by atomic mass is 10.3. The van der Waals surface area contributed by atoms with Gasteiger partial charge in [0.2, 0.25) is 5.91 Å². The third kappa shape index (κ3) is 3.52. The predicted octanol–water partition coefficient (Wildman–Crippen LogP) is 2.98. The monoisotopic (exact) mass is 331 g/mol. The summed E-state index contributed by atoms with van der Waals surface area (Å²) in [5, 5.41) is 0.697. The van der Waals surface area contributed by atoms with Crippen molar-refractivity contribution >= 4 is 17.7 Å². The number of amides is 1. The first-order valence-corrected chi connectivity index (χ1v) is 8.70. The molecule has 0 spiro atoms. The largest absolute Gasteiger partial charge is 0.497 e. The quantitative estimate of drug-likeness (QED) is 0.790. The molecule has 2 heterocycles. The number of rotatable bonds is 5. The summed E-state index contributed by atoms with van der Waals surface area (Å²) in [6, 6.07) is 7.81. The maximum atomic E-state index is 12.5. The Kier molecular flexibility index (Phi) is 4.91. The van der Waals surface area contributed by atoms with Gasteiger partial charge in [-0.1, -0.05) is 11.8 Å². The van der Waals surface area contributed by atoms with Crippen LogP contribution in [-0.4, -0.2) is 45.8 Å². The molecule has 23 heavy (non-hydrogen) atoms. The molecule has 0 unspecified atom stereocenters. The molecule has 0 N–H and O–H groups in total. The van der Waals surface area contributed by atoms with Gasteiger partial charge in [0.15, 0.2) is 5.16 Å². The Morgan fingerprint density at radius 3 is 2.61 bits per heavy atom. The van der Waals surface area contributed by atoms with E-state index in [1.165, 1.54) is 11.8 Å². The van der Waals surface area contributed by atoms with Crippen LogP contribution in [0.4, 0.5) is 0 Å². The van der Waals surface area contributed by atoms with Crippen LogP contribution in [0, 0.1) is 0 Å². The van der Waals surface area contributed by atoms with E-state index in [4.69, 9.17) is 4.74 Å². The number of benzene rings is 1. The second-order valence-corrected chi connectivity index (χ2v) is 6.88. The summed E-state index contributed by atoms with van der Waals surface area (Å²) in [5.74, 6) is 1.03. The molecular formula is C17H21N3O2S. The summed E-state index contributed by atoms with van der Waals surface area (Å²) in [6.07, 6.45) is 5.91. The zero-order valence-corrected chi connectivity index (χ0v) is 14.3. The second-order valence-electron chi connectivity index (χ2n) is 5.57. The number of nitrogens with zero attached hydrogens (tertiary/aromatic N) is 3. The Balaban J connectivity index is 1.73. The van der Waals surface area contributed by atoms with Gasteiger partial charge in [-0.25, -0.2) is 4.98 Å². The Labute approximate surface area is 140 Å². The first-order chi connectivity index (χ1) is 11.2. The number of hydrogen-bond donors (Lipinski definition) is 0.